The Morgan fingerprint density at radius 3 is 2.54 bits per heavy atom. The van der Waals surface area contributed by atoms with Gasteiger partial charge in [-0.3, -0.25) is 4.79 Å². The number of aliphatic hydroxyl groups excluding tert-OH is 1. The van der Waals surface area contributed by atoms with Crippen LogP contribution in [-0.2, 0) is 36.8 Å². The summed E-state index contributed by atoms with van der Waals surface area (Å²) in [5.74, 6) is -2.11. The van der Waals surface area contributed by atoms with Crippen molar-refractivity contribution in [1.82, 2.24) is 15.2 Å². The molecule has 2 aromatic carbocycles. The number of amides is 2. The molecule has 41 heavy (non-hydrogen) atoms. The molecule has 15 heteroatoms. The topological polar surface area (TPSA) is 142 Å². The monoisotopic (exact) mass is 601 g/mol. The molecule has 2 saturated heterocycles. The molecule has 0 saturated carbocycles. The fourth-order valence-corrected chi connectivity index (χ4v) is 5.55. The number of fused-ring (bicyclic) bond motifs is 1. The van der Waals surface area contributed by atoms with Gasteiger partial charge in [0.1, 0.15) is 23.2 Å². The highest BCUT2D eigenvalue weighted by molar-refractivity contribution is 7.89. The van der Waals surface area contributed by atoms with Gasteiger partial charge in [0, 0.05) is 0 Å². The Morgan fingerprint density at radius 2 is 1.88 bits per heavy atom. The number of hydrazine groups is 1. The van der Waals surface area contributed by atoms with Crippen LogP contribution in [0, 0.1) is 5.92 Å². The van der Waals surface area contributed by atoms with Gasteiger partial charge < -0.3 is 33.9 Å². The van der Waals surface area contributed by atoms with Crippen LogP contribution >= 0.6 is 0 Å². The quantitative estimate of drug-likeness (QED) is 0.261. The van der Waals surface area contributed by atoms with Crippen molar-refractivity contribution in [2.45, 2.75) is 48.5 Å². The van der Waals surface area contributed by atoms with Crippen LogP contribution in [0.3, 0.4) is 0 Å². The minimum Gasteiger partial charge on any atom is -0.591 e. The highest BCUT2D eigenvalue weighted by Crippen LogP contribution is 2.33. The van der Waals surface area contributed by atoms with E-state index in [9.17, 15) is 32.4 Å². The van der Waals surface area contributed by atoms with Crippen molar-refractivity contribution >= 4 is 23.4 Å². The molecule has 0 aliphatic carbocycles. The third kappa shape index (κ3) is 8.24. The Hall–Kier alpha value is -3.08. The van der Waals surface area contributed by atoms with E-state index < -0.39 is 60.6 Å². The van der Waals surface area contributed by atoms with Gasteiger partial charge in [-0.2, -0.15) is 13.2 Å². The number of carbonyl (C=O) groups is 2. The van der Waals surface area contributed by atoms with Crippen molar-refractivity contribution < 1.29 is 51.4 Å². The Kier molecular flexibility index (Phi) is 10.3. The molecule has 0 aromatic heterocycles. The number of ether oxygens (including phenoxy) is 4. The Balaban J connectivity index is 1.51. The largest absolute Gasteiger partial charge is 0.591 e. The highest BCUT2D eigenvalue weighted by Gasteiger charge is 2.45. The van der Waals surface area contributed by atoms with Gasteiger partial charge in [-0.25, -0.2) is 10.2 Å². The molecular formula is C26H30F3N3O8S. The Morgan fingerprint density at radius 1 is 1.17 bits per heavy atom. The van der Waals surface area contributed by atoms with Gasteiger partial charge in [-0.15, -0.1) is 0 Å². The van der Waals surface area contributed by atoms with Crippen molar-refractivity contribution in [3.63, 3.8) is 0 Å². The van der Waals surface area contributed by atoms with Crippen molar-refractivity contribution in [3.05, 3.63) is 60.2 Å². The zero-order chi connectivity index (χ0) is 29.6. The number of aliphatic hydroxyl groups is 1. The zero-order valence-corrected chi connectivity index (χ0v) is 22.7. The number of alkyl halides is 3. The molecular weight excluding hydrogens is 571 g/mol. The second-order valence-electron chi connectivity index (χ2n) is 9.40. The fourth-order valence-electron chi connectivity index (χ4n) is 4.47. The maximum atomic E-state index is 13.2. The van der Waals surface area contributed by atoms with E-state index >= 15 is 0 Å². The average Bonchev–Trinajstić information content (AvgIpc) is 3.57. The molecule has 2 aliphatic rings. The molecule has 1 unspecified atom stereocenters. The first-order valence-electron chi connectivity index (χ1n) is 12.7. The molecule has 0 bridgehead atoms. The van der Waals surface area contributed by atoms with E-state index in [0.717, 1.165) is 0 Å². The number of halogens is 3. The predicted octanol–water partition coefficient (Wildman–Crippen LogP) is 2.07. The maximum absolute atomic E-state index is 13.2. The minimum atomic E-state index is -5.29. The number of hydrogen-bond acceptors (Lipinski definition) is 9. The number of nitrogens with one attached hydrogen (secondary N) is 2. The predicted molar refractivity (Wildman–Crippen MR) is 137 cm³/mol. The first-order valence-corrected chi connectivity index (χ1v) is 13.8. The molecule has 3 N–H and O–H groups in total. The lowest BCUT2D eigenvalue weighted by Gasteiger charge is -2.30. The molecule has 6 atom stereocenters. The van der Waals surface area contributed by atoms with Crippen LogP contribution in [0.15, 0.2) is 59.5 Å². The SMILES string of the molecule is COc1ccc([S+]([O-])N(C[C@@H](O)[C@H](Cc2ccccc2)NC(=O)O[C@H]2CO[C@H]3OCC[C@H]32)NC(=O)C(F)(F)F)cc1. The minimum absolute atomic E-state index is 0.0297. The normalized spacial score (nSPS) is 22.5. The van der Waals surface area contributed by atoms with Crippen molar-refractivity contribution in [2.75, 3.05) is 26.9 Å². The summed E-state index contributed by atoms with van der Waals surface area (Å²) in [5.41, 5.74) is 2.26. The number of hydrogen-bond donors (Lipinski definition) is 3. The molecule has 2 fully saturated rings. The van der Waals surface area contributed by atoms with Gasteiger partial charge >= 0.3 is 18.2 Å². The van der Waals surface area contributed by atoms with Crippen molar-refractivity contribution in [3.8, 4) is 5.75 Å². The van der Waals surface area contributed by atoms with Gasteiger partial charge in [0.2, 0.25) is 0 Å². The van der Waals surface area contributed by atoms with Crippen LogP contribution < -0.4 is 15.5 Å². The van der Waals surface area contributed by atoms with E-state index in [-0.39, 0.29) is 23.8 Å². The molecule has 2 aliphatic heterocycles. The summed E-state index contributed by atoms with van der Waals surface area (Å²) in [5, 5.41) is 13.7. The van der Waals surface area contributed by atoms with E-state index in [0.29, 0.717) is 28.8 Å². The van der Waals surface area contributed by atoms with E-state index in [2.05, 4.69) is 5.32 Å². The summed E-state index contributed by atoms with van der Waals surface area (Å²) >= 11 is -2.38. The maximum Gasteiger partial charge on any atom is 0.472 e. The van der Waals surface area contributed by atoms with Crippen LogP contribution in [0.4, 0.5) is 18.0 Å². The van der Waals surface area contributed by atoms with Crippen LogP contribution in [0.2, 0.25) is 0 Å². The second-order valence-corrected chi connectivity index (χ2v) is 10.8. The lowest BCUT2D eigenvalue weighted by molar-refractivity contribution is -0.177. The van der Waals surface area contributed by atoms with Gasteiger partial charge in [0.25, 0.3) is 0 Å². The molecule has 224 valence electrons. The number of alkyl carbamates (subject to hydrolysis) is 1. The summed E-state index contributed by atoms with van der Waals surface area (Å²) in [4.78, 5) is 24.7. The lowest BCUT2D eigenvalue weighted by atomic mass is 10.0. The lowest BCUT2D eigenvalue weighted by Crippen LogP contribution is -2.57. The average molecular weight is 602 g/mol. The third-order valence-corrected chi connectivity index (χ3v) is 7.92. The van der Waals surface area contributed by atoms with Crippen molar-refractivity contribution in [1.29, 1.82) is 0 Å². The molecule has 2 amide bonds. The first kappa shape index (κ1) is 30.9. The summed E-state index contributed by atoms with van der Waals surface area (Å²) in [7, 11) is 1.41. The fraction of sp³-hybridized carbons (Fsp3) is 0.462. The van der Waals surface area contributed by atoms with E-state index in [1.807, 2.05) is 0 Å². The number of rotatable bonds is 11. The van der Waals surface area contributed by atoms with Gasteiger partial charge in [-0.05, 0) is 47.1 Å². The van der Waals surface area contributed by atoms with Gasteiger partial charge in [0.05, 0.1) is 44.9 Å². The first-order chi connectivity index (χ1) is 19.5. The Bertz CT molecular complexity index is 1160. The Labute approximate surface area is 237 Å². The molecule has 0 spiro atoms. The molecule has 4 rings (SSSR count). The van der Waals surface area contributed by atoms with Crippen LogP contribution in [0.5, 0.6) is 5.75 Å². The summed E-state index contributed by atoms with van der Waals surface area (Å²) in [6, 6.07) is 13.2. The molecule has 0 radical (unpaired) electrons. The van der Waals surface area contributed by atoms with E-state index in [1.165, 1.54) is 31.4 Å². The smallest absolute Gasteiger partial charge is 0.472 e. The molecule has 2 aromatic rings. The number of nitrogens with zero attached hydrogens (tertiary/aromatic N) is 1. The summed E-state index contributed by atoms with van der Waals surface area (Å²) in [6.45, 7) is -0.146. The standard InChI is InChI=1S/C26H30F3N3O8S/c1-37-17-7-9-18(10-8-17)41(36)32(31-24(34)26(27,28)29)14-21(33)20(13-16-5-3-2-4-6-16)30-25(35)40-22-15-39-23-19(22)11-12-38-23/h2-10,19-23,33H,11-15H2,1H3,(H,30,35)(H,31,34)/t19-,20-,21+,22-,23+,41?/m0/s1. The third-order valence-electron chi connectivity index (χ3n) is 6.61. The number of carbonyl (C=O) groups excluding carboxylic acids is 2. The van der Waals surface area contributed by atoms with Gasteiger partial charge in [-0.1, -0.05) is 30.3 Å². The van der Waals surface area contributed by atoms with Crippen molar-refractivity contribution in [2.24, 2.45) is 5.92 Å². The summed E-state index contributed by atoms with van der Waals surface area (Å²) < 4.78 is 74.5. The highest BCUT2D eigenvalue weighted by atomic mass is 32.2. The number of methoxy groups -OCH3 is 1. The van der Waals surface area contributed by atoms with Crippen LogP contribution in [0.1, 0.15) is 12.0 Å². The molecule has 11 nitrogen and oxygen atoms in total. The zero-order valence-electron chi connectivity index (χ0n) is 21.9. The van der Waals surface area contributed by atoms with Crippen LogP contribution in [0.25, 0.3) is 0 Å². The second kappa shape index (κ2) is 13.7. The number of benzene rings is 2. The molecule has 2 heterocycles. The van der Waals surface area contributed by atoms with Gasteiger partial charge in [0.15, 0.2) is 11.2 Å². The van der Waals surface area contributed by atoms with Crippen LogP contribution in [-0.4, -0.2) is 83.7 Å². The summed E-state index contributed by atoms with van der Waals surface area (Å²) in [6.07, 6.45) is -8.13. The van der Waals surface area contributed by atoms with E-state index in [1.54, 1.807) is 35.8 Å². The van der Waals surface area contributed by atoms with E-state index in [4.69, 9.17) is 18.9 Å².